The highest BCUT2D eigenvalue weighted by molar-refractivity contribution is 9.10. The normalized spacial score (nSPS) is 33.9. The van der Waals surface area contributed by atoms with Crippen molar-refractivity contribution in [2.75, 3.05) is 59.0 Å². The second-order valence-corrected chi connectivity index (χ2v) is 18.5. The second-order valence-electron chi connectivity index (χ2n) is 17.5. The summed E-state index contributed by atoms with van der Waals surface area (Å²) in [5.74, 6) is -1.85. The first kappa shape index (κ1) is 40.9. The number of halogens is 1. The number of aliphatic hydroxyl groups is 1. The number of aromatic amines is 1. The quantitative estimate of drug-likeness (QED) is 0.135. The number of rotatable bonds is 8. The Morgan fingerprint density at radius 3 is 2.50 bits per heavy atom. The number of fused-ring (bicyclic) bond motifs is 6. The number of carbonyl (C=O) groups excluding carboxylic acids is 4. The number of esters is 3. The Morgan fingerprint density at radius 2 is 1.82 bits per heavy atom. The van der Waals surface area contributed by atoms with Gasteiger partial charge in [-0.25, -0.2) is 4.79 Å². The van der Waals surface area contributed by atoms with Crippen molar-refractivity contribution in [3.8, 4) is 5.75 Å². The fourth-order valence-electron chi connectivity index (χ4n) is 12.9. The molecule has 2 aromatic carbocycles. The van der Waals surface area contributed by atoms with Crippen LogP contribution in [0.5, 0.6) is 5.75 Å². The summed E-state index contributed by atoms with van der Waals surface area (Å²) in [4.78, 5) is 66.4. The number of aromatic nitrogens is 1. The van der Waals surface area contributed by atoms with Gasteiger partial charge in [-0.05, 0) is 80.0 Å². The maximum atomic E-state index is 15.3. The van der Waals surface area contributed by atoms with Crippen molar-refractivity contribution < 1.29 is 43.2 Å². The number of benzene rings is 2. The first-order valence-electron chi connectivity index (χ1n) is 21.0. The molecule has 14 heteroatoms. The van der Waals surface area contributed by atoms with Gasteiger partial charge in [0, 0.05) is 82.7 Å². The van der Waals surface area contributed by atoms with Crippen LogP contribution in [0.4, 0.5) is 5.69 Å². The third kappa shape index (κ3) is 5.32. The van der Waals surface area contributed by atoms with E-state index < -0.39 is 57.9 Å². The average Bonchev–Trinajstić information content (AvgIpc) is 3.92. The third-order valence-electron chi connectivity index (χ3n) is 15.0. The minimum absolute atomic E-state index is 0.0472. The monoisotopic (exact) mass is 884 g/mol. The summed E-state index contributed by atoms with van der Waals surface area (Å²) in [7, 11) is 4.15. The van der Waals surface area contributed by atoms with E-state index in [0.29, 0.717) is 67.7 Å². The van der Waals surface area contributed by atoms with E-state index in [1.807, 2.05) is 37.3 Å². The van der Waals surface area contributed by atoms with Crippen molar-refractivity contribution in [1.82, 2.24) is 14.8 Å². The van der Waals surface area contributed by atoms with E-state index in [0.717, 1.165) is 52.7 Å². The number of ether oxygens (including phenoxy) is 4. The van der Waals surface area contributed by atoms with Gasteiger partial charge in [0.05, 0.1) is 33.1 Å². The Balaban J connectivity index is 1.39. The predicted octanol–water partition coefficient (Wildman–Crippen LogP) is 5.09. The molecule has 1 spiro atoms. The molecule has 6 heterocycles. The van der Waals surface area contributed by atoms with E-state index in [1.54, 1.807) is 13.2 Å². The summed E-state index contributed by atoms with van der Waals surface area (Å²) in [6, 6.07) is 8.17. The Morgan fingerprint density at radius 1 is 1.03 bits per heavy atom. The van der Waals surface area contributed by atoms with Gasteiger partial charge in [-0.2, -0.15) is 0 Å². The van der Waals surface area contributed by atoms with E-state index in [-0.39, 0.29) is 5.92 Å². The number of methoxy groups -OCH3 is 3. The lowest BCUT2D eigenvalue weighted by Gasteiger charge is -2.63. The Hall–Kier alpha value is -4.50. The van der Waals surface area contributed by atoms with Crippen molar-refractivity contribution in [3.05, 3.63) is 81.0 Å². The molecule has 0 radical (unpaired) electrons. The van der Waals surface area contributed by atoms with Gasteiger partial charge in [0.25, 0.3) is 0 Å². The topological polar surface area (TPSA) is 151 Å². The van der Waals surface area contributed by atoms with Crippen molar-refractivity contribution in [2.45, 2.75) is 87.5 Å². The lowest BCUT2D eigenvalue weighted by Crippen LogP contribution is -2.81. The molecule has 60 heavy (non-hydrogen) atoms. The van der Waals surface area contributed by atoms with Crippen LogP contribution in [0.25, 0.3) is 10.9 Å². The fourth-order valence-corrected chi connectivity index (χ4v) is 13.3. The lowest BCUT2D eigenvalue weighted by atomic mass is 9.47. The van der Waals surface area contributed by atoms with Gasteiger partial charge >= 0.3 is 17.9 Å². The summed E-state index contributed by atoms with van der Waals surface area (Å²) in [5, 5.41) is 14.3. The minimum atomic E-state index is -2.51. The largest absolute Gasteiger partial charge is 0.496 e. The van der Waals surface area contributed by atoms with Crippen LogP contribution >= 0.6 is 15.9 Å². The summed E-state index contributed by atoms with van der Waals surface area (Å²) in [6.07, 6.45) is 8.28. The Bertz CT molecular complexity index is 2380. The maximum absolute atomic E-state index is 15.3. The molecule has 6 aliphatic rings. The highest BCUT2D eigenvalue weighted by atomic mass is 79.9. The molecule has 1 saturated heterocycles. The number of amides is 1. The van der Waals surface area contributed by atoms with Gasteiger partial charge < -0.3 is 33.9 Å². The van der Waals surface area contributed by atoms with Gasteiger partial charge in [-0.15, -0.1) is 0 Å². The standard InChI is InChI=1S/C46H53BrN4O9/c1-7-27-18-28-22-45(41(54)58-5,37-30(12-16-49(23-27)24-28)31-19-29(47)10-11-34(31)48-37)33-20-32-35(21-36(33)57-4)51(25-52)39-44(32)14-17-50-15-9-13-43(8-2,38(44)50)40(60-26(3)53)46(39,56)42(55)59-6/h9-11,13,18-21,25,28,38-40,48,56H,7-8,12,14-17,22-24H2,1-6H3/t28-,38+,39-,40-,43-,44-,45+,46+/m1/s1. The number of hydrogen-bond acceptors (Lipinski definition) is 11. The smallest absolute Gasteiger partial charge is 0.344 e. The van der Waals surface area contributed by atoms with E-state index in [4.69, 9.17) is 18.9 Å². The molecule has 2 fully saturated rings. The summed E-state index contributed by atoms with van der Waals surface area (Å²) >= 11 is 3.71. The predicted molar refractivity (Wildman–Crippen MR) is 227 cm³/mol. The molecule has 2 N–H and O–H groups in total. The van der Waals surface area contributed by atoms with Crippen LogP contribution in [0.1, 0.15) is 68.8 Å². The molecule has 13 nitrogen and oxygen atoms in total. The summed E-state index contributed by atoms with van der Waals surface area (Å²) < 4.78 is 24.7. The minimum Gasteiger partial charge on any atom is -0.496 e. The molecular formula is C46H53BrN4O9. The van der Waals surface area contributed by atoms with Crippen LogP contribution in [0, 0.1) is 11.3 Å². The van der Waals surface area contributed by atoms with E-state index in [9.17, 15) is 19.5 Å². The van der Waals surface area contributed by atoms with Crippen molar-refractivity contribution in [1.29, 1.82) is 0 Å². The number of nitrogens with zero attached hydrogens (tertiary/aromatic N) is 3. The zero-order valence-electron chi connectivity index (χ0n) is 35.0. The third-order valence-corrected chi connectivity index (χ3v) is 15.5. The Kier molecular flexibility index (Phi) is 9.92. The number of H-pyrrole nitrogens is 1. The van der Waals surface area contributed by atoms with Gasteiger partial charge in [-0.1, -0.05) is 53.6 Å². The molecule has 2 bridgehead atoms. The maximum Gasteiger partial charge on any atom is 0.344 e. The second kappa shape index (κ2) is 14.6. The SMILES string of the molecule is CCC1=C[C@H]2CN(CCc3c([nH]c4ccc(Br)cc34)[C@@](C(=O)OC)(c3cc4c(cc3OC)N(C=O)[C@H]3[C@@](O)(C(=O)OC)[C@H](OC(C)=O)[C@]5(CC)C=CCN6CC[C@]43[C@@H]65)C2)C1. The van der Waals surface area contributed by atoms with Gasteiger partial charge in [-0.3, -0.25) is 24.2 Å². The molecule has 1 amide bonds. The number of carbonyl (C=O) groups is 4. The van der Waals surface area contributed by atoms with Crippen LogP contribution in [-0.4, -0.2) is 122 Å². The number of nitrogens with one attached hydrogen (secondary N) is 1. The van der Waals surface area contributed by atoms with Crippen LogP contribution in [0.15, 0.2) is 58.6 Å². The molecule has 1 unspecified atom stereocenters. The highest BCUT2D eigenvalue weighted by Gasteiger charge is 2.81. The zero-order chi connectivity index (χ0) is 42.5. The van der Waals surface area contributed by atoms with Crippen molar-refractivity contribution in [2.24, 2.45) is 11.3 Å². The lowest BCUT2D eigenvalue weighted by molar-refractivity contribution is -0.228. The first-order chi connectivity index (χ1) is 28.8. The molecule has 1 aliphatic carbocycles. The van der Waals surface area contributed by atoms with E-state index >= 15 is 4.79 Å². The Labute approximate surface area is 358 Å². The zero-order valence-corrected chi connectivity index (χ0v) is 36.6. The van der Waals surface area contributed by atoms with E-state index in [1.165, 1.54) is 31.6 Å². The van der Waals surface area contributed by atoms with Crippen molar-refractivity contribution >= 4 is 56.8 Å². The fraction of sp³-hybridized carbons (Fsp3) is 0.522. The van der Waals surface area contributed by atoms with Crippen LogP contribution in [-0.2, 0) is 50.6 Å². The van der Waals surface area contributed by atoms with Crippen molar-refractivity contribution in [3.63, 3.8) is 0 Å². The number of hydrogen-bond donors (Lipinski definition) is 2. The molecule has 1 saturated carbocycles. The molecule has 3 aromatic rings. The first-order valence-corrected chi connectivity index (χ1v) is 21.8. The molecule has 1 aromatic heterocycles. The van der Waals surface area contributed by atoms with E-state index in [2.05, 4.69) is 49.8 Å². The van der Waals surface area contributed by atoms with Crippen LogP contribution < -0.4 is 9.64 Å². The van der Waals surface area contributed by atoms with Crippen LogP contribution in [0.3, 0.4) is 0 Å². The highest BCUT2D eigenvalue weighted by Crippen LogP contribution is 2.68. The molecule has 318 valence electrons. The van der Waals surface area contributed by atoms with Gasteiger partial charge in [0.15, 0.2) is 6.10 Å². The summed E-state index contributed by atoms with van der Waals surface area (Å²) in [5.41, 5.74) is -0.554. The van der Waals surface area contributed by atoms with Gasteiger partial charge in [0.2, 0.25) is 12.0 Å². The number of anilines is 1. The molecule has 9 rings (SSSR count). The average molecular weight is 886 g/mol. The molecule has 9 atom stereocenters. The van der Waals surface area contributed by atoms with Gasteiger partial charge in [0.1, 0.15) is 11.2 Å². The van der Waals surface area contributed by atoms with Crippen LogP contribution in [0.2, 0.25) is 0 Å². The summed E-state index contributed by atoms with van der Waals surface area (Å²) in [6.45, 7) is 8.92. The molecular weight excluding hydrogens is 832 g/mol. The molecule has 5 aliphatic heterocycles.